The van der Waals surface area contributed by atoms with Crippen LogP contribution in [0.3, 0.4) is 0 Å². The van der Waals surface area contributed by atoms with Crippen LogP contribution in [-0.4, -0.2) is 29.1 Å². The third kappa shape index (κ3) is 2.31. The number of hydrogen-bond donors (Lipinski definition) is 1. The molecule has 2 atom stereocenters. The number of carbonyl (C=O) groups is 1. The molecule has 1 aliphatic rings. The Morgan fingerprint density at radius 2 is 2.29 bits per heavy atom. The largest absolute Gasteiger partial charge is 0.480 e. The molecule has 0 aromatic heterocycles. The molecule has 0 bridgehead atoms. The Bertz CT molecular complexity index is 447. The van der Waals surface area contributed by atoms with Gasteiger partial charge in [0, 0.05) is 11.1 Å². The lowest BCUT2D eigenvalue weighted by molar-refractivity contribution is -0.143. The van der Waals surface area contributed by atoms with Crippen LogP contribution in [0.2, 0.25) is 5.02 Å². The van der Waals surface area contributed by atoms with Crippen LogP contribution < -0.4 is 0 Å². The van der Waals surface area contributed by atoms with Crippen LogP contribution in [0.4, 0.5) is 0 Å². The average Bonchev–Trinajstić information content (AvgIpc) is 2.69. The molecule has 1 aromatic carbocycles. The zero-order valence-corrected chi connectivity index (χ0v) is 10.7. The minimum Gasteiger partial charge on any atom is -0.480 e. The van der Waals surface area contributed by atoms with E-state index in [0.717, 1.165) is 17.9 Å². The number of fused-ring (bicyclic) bond motifs is 1. The van der Waals surface area contributed by atoms with Crippen molar-refractivity contribution in [2.45, 2.75) is 31.8 Å². The second-order valence-corrected chi connectivity index (χ2v) is 5.01. The van der Waals surface area contributed by atoms with Crippen molar-refractivity contribution in [1.29, 1.82) is 0 Å². The van der Waals surface area contributed by atoms with Crippen LogP contribution in [0.5, 0.6) is 0 Å². The normalized spacial score (nSPS) is 20.4. The molecule has 17 heavy (non-hydrogen) atoms. The van der Waals surface area contributed by atoms with E-state index in [1.54, 1.807) is 6.92 Å². The number of carboxylic acids is 1. The van der Waals surface area contributed by atoms with Crippen molar-refractivity contribution in [2.75, 3.05) is 7.05 Å². The SMILES string of the molecule is CC(C(=O)O)N(C)C1CCc2cc(Cl)ccc21. The summed E-state index contributed by atoms with van der Waals surface area (Å²) in [6.45, 7) is 1.72. The van der Waals surface area contributed by atoms with Gasteiger partial charge in [-0.25, -0.2) is 0 Å². The number of benzene rings is 1. The lowest BCUT2D eigenvalue weighted by atomic mass is 10.1. The van der Waals surface area contributed by atoms with Crippen molar-refractivity contribution in [3.05, 3.63) is 34.3 Å². The molecular formula is C13H16ClNO2. The molecule has 0 fully saturated rings. The van der Waals surface area contributed by atoms with Crippen molar-refractivity contribution in [3.8, 4) is 0 Å². The third-order valence-corrected chi connectivity index (χ3v) is 3.85. The molecule has 92 valence electrons. The van der Waals surface area contributed by atoms with E-state index in [9.17, 15) is 4.79 Å². The summed E-state index contributed by atoms with van der Waals surface area (Å²) in [5.74, 6) is -0.782. The summed E-state index contributed by atoms with van der Waals surface area (Å²) in [4.78, 5) is 12.9. The number of nitrogens with zero attached hydrogens (tertiary/aromatic N) is 1. The summed E-state index contributed by atoms with van der Waals surface area (Å²) in [5.41, 5.74) is 2.46. The summed E-state index contributed by atoms with van der Waals surface area (Å²) >= 11 is 5.96. The van der Waals surface area contributed by atoms with Gasteiger partial charge in [-0.1, -0.05) is 17.7 Å². The zero-order valence-electron chi connectivity index (χ0n) is 9.98. The quantitative estimate of drug-likeness (QED) is 0.901. The molecule has 0 saturated carbocycles. The van der Waals surface area contributed by atoms with E-state index in [2.05, 4.69) is 0 Å². The lowest BCUT2D eigenvalue weighted by Crippen LogP contribution is -2.37. The summed E-state index contributed by atoms with van der Waals surface area (Å²) in [6.07, 6.45) is 1.93. The molecule has 1 aliphatic carbocycles. The van der Waals surface area contributed by atoms with Gasteiger partial charge in [-0.05, 0) is 50.1 Å². The maximum absolute atomic E-state index is 11.0. The Morgan fingerprint density at radius 3 is 2.94 bits per heavy atom. The Hall–Kier alpha value is -1.06. The van der Waals surface area contributed by atoms with Gasteiger partial charge in [-0.15, -0.1) is 0 Å². The Balaban J connectivity index is 2.25. The molecule has 2 rings (SSSR count). The van der Waals surface area contributed by atoms with E-state index in [1.165, 1.54) is 11.1 Å². The fourth-order valence-corrected chi connectivity index (χ4v) is 2.63. The molecule has 0 spiro atoms. The maximum Gasteiger partial charge on any atom is 0.320 e. The van der Waals surface area contributed by atoms with Crippen LogP contribution in [0.25, 0.3) is 0 Å². The van der Waals surface area contributed by atoms with Crippen molar-refractivity contribution in [3.63, 3.8) is 0 Å². The van der Waals surface area contributed by atoms with E-state index in [4.69, 9.17) is 16.7 Å². The van der Waals surface area contributed by atoms with Gasteiger partial charge in [0.15, 0.2) is 0 Å². The number of aliphatic carboxylic acids is 1. The fourth-order valence-electron chi connectivity index (χ4n) is 2.43. The highest BCUT2D eigenvalue weighted by atomic mass is 35.5. The van der Waals surface area contributed by atoms with Crippen molar-refractivity contribution >= 4 is 17.6 Å². The molecule has 1 N–H and O–H groups in total. The number of carboxylic acid groups (broad SMARTS) is 1. The van der Waals surface area contributed by atoms with Crippen LogP contribution >= 0.6 is 11.6 Å². The Morgan fingerprint density at radius 1 is 1.59 bits per heavy atom. The Labute approximate surface area is 106 Å². The molecule has 0 heterocycles. The second kappa shape index (κ2) is 4.67. The Kier molecular flexibility index (Phi) is 3.40. The minimum atomic E-state index is -0.782. The molecule has 0 saturated heterocycles. The number of rotatable bonds is 3. The first-order valence-electron chi connectivity index (χ1n) is 5.73. The minimum absolute atomic E-state index is 0.188. The van der Waals surface area contributed by atoms with Gasteiger partial charge >= 0.3 is 5.97 Å². The first kappa shape index (κ1) is 12.4. The van der Waals surface area contributed by atoms with E-state index in [1.807, 2.05) is 30.1 Å². The van der Waals surface area contributed by atoms with Crippen molar-refractivity contribution in [2.24, 2.45) is 0 Å². The molecule has 1 aromatic rings. The van der Waals surface area contributed by atoms with E-state index < -0.39 is 12.0 Å². The summed E-state index contributed by atoms with van der Waals surface area (Å²) in [6, 6.07) is 5.59. The molecule has 0 aliphatic heterocycles. The molecule has 2 unspecified atom stereocenters. The lowest BCUT2D eigenvalue weighted by Gasteiger charge is -2.28. The number of aryl methyl sites for hydroxylation is 1. The van der Waals surface area contributed by atoms with E-state index >= 15 is 0 Å². The van der Waals surface area contributed by atoms with Crippen LogP contribution in [-0.2, 0) is 11.2 Å². The van der Waals surface area contributed by atoms with Gasteiger partial charge in [0.1, 0.15) is 6.04 Å². The maximum atomic E-state index is 11.0. The van der Waals surface area contributed by atoms with Crippen LogP contribution in [0.1, 0.15) is 30.5 Å². The average molecular weight is 254 g/mol. The molecular weight excluding hydrogens is 238 g/mol. The number of hydrogen-bond acceptors (Lipinski definition) is 2. The molecule has 0 radical (unpaired) electrons. The summed E-state index contributed by atoms with van der Waals surface area (Å²) < 4.78 is 0. The third-order valence-electron chi connectivity index (χ3n) is 3.61. The van der Waals surface area contributed by atoms with Crippen molar-refractivity contribution < 1.29 is 9.90 Å². The first-order valence-corrected chi connectivity index (χ1v) is 6.11. The van der Waals surface area contributed by atoms with Gasteiger partial charge in [0.25, 0.3) is 0 Å². The van der Waals surface area contributed by atoms with E-state index in [-0.39, 0.29) is 6.04 Å². The van der Waals surface area contributed by atoms with Gasteiger partial charge < -0.3 is 5.11 Å². The van der Waals surface area contributed by atoms with Gasteiger partial charge in [-0.3, -0.25) is 9.69 Å². The predicted octanol–water partition coefficient (Wildman–Crippen LogP) is 2.73. The summed E-state index contributed by atoms with van der Waals surface area (Å²) in [5, 5.41) is 9.79. The number of halogens is 1. The fraction of sp³-hybridized carbons (Fsp3) is 0.462. The summed E-state index contributed by atoms with van der Waals surface area (Å²) in [7, 11) is 1.87. The first-order chi connectivity index (χ1) is 8.00. The van der Waals surface area contributed by atoms with Crippen LogP contribution in [0, 0.1) is 0 Å². The highest BCUT2D eigenvalue weighted by Gasteiger charge is 2.30. The van der Waals surface area contributed by atoms with E-state index in [0.29, 0.717) is 0 Å². The number of likely N-dealkylation sites (N-methyl/N-ethyl adjacent to an activating group) is 1. The highest BCUT2D eigenvalue weighted by molar-refractivity contribution is 6.30. The van der Waals surface area contributed by atoms with Gasteiger partial charge in [-0.2, -0.15) is 0 Å². The molecule has 0 amide bonds. The highest BCUT2D eigenvalue weighted by Crippen LogP contribution is 2.37. The second-order valence-electron chi connectivity index (χ2n) is 4.58. The zero-order chi connectivity index (χ0) is 12.6. The van der Waals surface area contributed by atoms with Gasteiger partial charge in [0.05, 0.1) is 0 Å². The standard InChI is InChI=1S/C13H16ClNO2/c1-8(13(16)17)15(2)12-6-3-9-7-10(14)4-5-11(9)12/h4-5,7-8,12H,3,6H2,1-2H3,(H,16,17). The monoisotopic (exact) mass is 253 g/mol. The molecule has 3 nitrogen and oxygen atoms in total. The van der Waals surface area contributed by atoms with Crippen LogP contribution in [0.15, 0.2) is 18.2 Å². The predicted molar refractivity (Wildman–Crippen MR) is 67.4 cm³/mol. The van der Waals surface area contributed by atoms with Crippen molar-refractivity contribution in [1.82, 2.24) is 4.90 Å². The smallest absolute Gasteiger partial charge is 0.320 e. The molecule has 4 heteroatoms. The topological polar surface area (TPSA) is 40.5 Å². The van der Waals surface area contributed by atoms with Gasteiger partial charge in [0.2, 0.25) is 0 Å².